The van der Waals surface area contributed by atoms with Gasteiger partial charge in [-0.25, -0.2) is 0 Å². The summed E-state index contributed by atoms with van der Waals surface area (Å²) in [6.07, 6.45) is 20.2. The van der Waals surface area contributed by atoms with Crippen LogP contribution in [0.15, 0.2) is 0 Å². The van der Waals surface area contributed by atoms with E-state index in [9.17, 15) is 14.7 Å². The summed E-state index contributed by atoms with van der Waals surface area (Å²) in [7, 11) is 0. The molecule has 2 unspecified atom stereocenters. The van der Waals surface area contributed by atoms with Gasteiger partial charge in [0.25, 0.3) is 0 Å². The molecule has 0 aromatic carbocycles. The minimum absolute atomic E-state index is 0.00684. The Balaban J connectivity index is 3.67. The Labute approximate surface area is 186 Å². The van der Waals surface area contributed by atoms with Gasteiger partial charge in [0.15, 0.2) is 0 Å². The van der Waals surface area contributed by atoms with Crippen LogP contribution in [0.5, 0.6) is 0 Å². The molecule has 4 nitrogen and oxygen atoms in total. The molecule has 0 bridgehead atoms. The van der Waals surface area contributed by atoms with E-state index in [1.165, 1.54) is 51.4 Å². The van der Waals surface area contributed by atoms with E-state index >= 15 is 0 Å². The zero-order valence-electron chi connectivity index (χ0n) is 20.3. The second-order valence-electron chi connectivity index (χ2n) is 9.05. The molecule has 0 saturated carbocycles. The summed E-state index contributed by atoms with van der Waals surface area (Å²) in [5.74, 6) is -0.856. The monoisotopic (exact) mass is 426 g/mol. The van der Waals surface area contributed by atoms with Gasteiger partial charge < -0.3 is 9.84 Å². The Morgan fingerprint density at radius 1 is 0.667 bits per heavy atom. The minimum Gasteiger partial charge on any atom is -0.481 e. The Morgan fingerprint density at radius 2 is 1.10 bits per heavy atom. The Bertz CT molecular complexity index is 408. The standard InChI is InChI=1S/C26H50O4/c1-4-6-8-10-12-16-20-24(26(28)29)21-17-14-13-15-19-23(3)30-25(27)22-18-11-9-7-5-2/h23-24H,4-22H2,1-3H3,(H,28,29). The largest absolute Gasteiger partial charge is 0.481 e. The molecule has 2 atom stereocenters. The van der Waals surface area contributed by atoms with Crippen LogP contribution in [-0.4, -0.2) is 23.1 Å². The lowest BCUT2D eigenvalue weighted by Crippen LogP contribution is -2.15. The predicted octanol–water partition coefficient (Wildman–Crippen LogP) is 8.07. The second-order valence-corrected chi connectivity index (χ2v) is 9.05. The molecule has 0 saturated heterocycles. The van der Waals surface area contributed by atoms with E-state index in [1.54, 1.807) is 0 Å². The summed E-state index contributed by atoms with van der Waals surface area (Å²) < 4.78 is 5.50. The van der Waals surface area contributed by atoms with E-state index in [-0.39, 0.29) is 18.0 Å². The van der Waals surface area contributed by atoms with Gasteiger partial charge in [0, 0.05) is 6.42 Å². The molecule has 0 rings (SSSR count). The average molecular weight is 427 g/mol. The van der Waals surface area contributed by atoms with Gasteiger partial charge in [0.1, 0.15) is 0 Å². The number of hydrogen-bond acceptors (Lipinski definition) is 3. The van der Waals surface area contributed by atoms with Crippen molar-refractivity contribution in [2.75, 3.05) is 0 Å². The van der Waals surface area contributed by atoms with Crippen LogP contribution in [-0.2, 0) is 14.3 Å². The number of carbonyl (C=O) groups is 2. The highest BCUT2D eigenvalue weighted by molar-refractivity contribution is 5.70. The number of esters is 1. The molecular weight excluding hydrogens is 376 g/mol. The van der Waals surface area contributed by atoms with Gasteiger partial charge in [-0.3, -0.25) is 9.59 Å². The summed E-state index contributed by atoms with van der Waals surface area (Å²) in [6.45, 7) is 6.39. The van der Waals surface area contributed by atoms with Gasteiger partial charge in [-0.05, 0) is 39.0 Å². The number of unbranched alkanes of at least 4 members (excludes halogenated alkanes) is 12. The van der Waals surface area contributed by atoms with Gasteiger partial charge in [0.05, 0.1) is 12.0 Å². The molecule has 4 heteroatoms. The van der Waals surface area contributed by atoms with Gasteiger partial charge in [-0.15, -0.1) is 0 Å². The molecule has 0 aromatic rings. The Hall–Kier alpha value is -1.06. The van der Waals surface area contributed by atoms with Gasteiger partial charge in [-0.1, -0.05) is 97.3 Å². The first-order valence-corrected chi connectivity index (χ1v) is 12.9. The summed E-state index contributed by atoms with van der Waals surface area (Å²) in [6, 6.07) is 0. The Kier molecular flexibility index (Phi) is 20.4. The summed E-state index contributed by atoms with van der Waals surface area (Å²) in [5, 5.41) is 9.43. The molecule has 0 fully saturated rings. The predicted molar refractivity (Wildman–Crippen MR) is 126 cm³/mol. The number of carboxylic acid groups (broad SMARTS) is 1. The van der Waals surface area contributed by atoms with E-state index in [0.717, 1.165) is 64.2 Å². The zero-order valence-corrected chi connectivity index (χ0v) is 20.3. The first kappa shape index (κ1) is 28.9. The van der Waals surface area contributed by atoms with Crippen LogP contribution in [0.3, 0.4) is 0 Å². The van der Waals surface area contributed by atoms with E-state index < -0.39 is 5.97 Å². The van der Waals surface area contributed by atoms with Crippen LogP contribution in [0.1, 0.15) is 143 Å². The lowest BCUT2D eigenvalue weighted by atomic mass is 9.94. The molecule has 0 heterocycles. The number of rotatable bonds is 22. The quantitative estimate of drug-likeness (QED) is 0.140. The summed E-state index contributed by atoms with van der Waals surface area (Å²) in [4.78, 5) is 23.3. The van der Waals surface area contributed by atoms with Crippen molar-refractivity contribution in [1.29, 1.82) is 0 Å². The van der Waals surface area contributed by atoms with E-state index in [0.29, 0.717) is 6.42 Å². The number of ether oxygens (including phenoxy) is 1. The van der Waals surface area contributed by atoms with Crippen LogP contribution in [0.2, 0.25) is 0 Å². The highest BCUT2D eigenvalue weighted by atomic mass is 16.5. The van der Waals surface area contributed by atoms with Gasteiger partial charge in [0.2, 0.25) is 0 Å². The molecule has 0 amide bonds. The maximum absolute atomic E-state index is 11.8. The zero-order chi connectivity index (χ0) is 22.5. The maximum atomic E-state index is 11.8. The fourth-order valence-electron chi connectivity index (χ4n) is 3.95. The van der Waals surface area contributed by atoms with Crippen LogP contribution in [0, 0.1) is 5.92 Å². The van der Waals surface area contributed by atoms with Crippen LogP contribution >= 0.6 is 0 Å². The topological polar surface area (TPSA) is 63.6 Å². The van der Waals surface area contributed by atoms with Crippen molar-refractivity contribution in [3.05, 3.63) is 0 Å². The van der Waals surface area contributed by atoms with Crippen LogP contribution in [0.25, 0.3) is 0 Å². The Morgan fingerprint density at radius 3 is 1.60 bits per heavy atom. The second kappa shape index (κ2) is 21.2. The van der Waals surface area contributed by atoms with Crippen molar-refractivity contribution in [3.63, 3.8) is 0 Å². The molecule has 0 aliphatic heterocycles. The van der Waals surface area contributed by atoms with Crippen molar-refractivity contribution >= 4 is 11.9 Å². The molecule has 0 spiro atoms. The van der Waals surface area contributed by atoms with Crippen molar-refractivity contribution < 1.29 is 19.4 Å². The number of carbonyl (C=O) groups excluding carboxylic acids is 1. The maximum Gasteiger partial charge on any atom is 0.306 e. The van der Waals surface area contributed by atoms with Gasteiger partial charge in [-0.2, -0.15) is 0 Å². The molecule has 30 heavy (non-hydrogen) atoms. The van der Waals surface area contributed by atoms with E-state index in [4.69, 9.17) is 4.74 Å². The molecule has 0 aromatic heterocycles. The third kappa shape index (κ3) is 18.9. The fourth-order valence-corrected chi connectivity index (χ4v) is 3.95. The number of aliphatic carboxylic acids is 1. The van der Waals surface area contributed by atoms with Gasteiger partial charge >= 0.3 is 11.9 Å². The third-order valence-corrected chi connectivity index (χ3v) is 5.99. The lowest BCUT2D eigenvalue weighted by Gasteiger charge is -2.14. The van der Waals surface area contributed by atoms with Crippen LogP contribution in [0.4, 0.5) is 0 Å². The normalized spacial score (nSPS) is 13.2. The van der Waals surface area contributed by atoms with E-state index in [2.05, 4.69) is 13.8 Å². The molecule has 0 radical (unpaired) electrons. The van der Waals surface area contributed by atoms with Crippen molar-refractivity contribution in [2.24, 2.45) is 5.92 Å². The smallest absolute Gasteiger partial charge is 0.306 e. The summed E-state index contributed by atoms with van der Waals surface area (Å²) >= 11 is 0. The van der Waals surface area contributed by atoms with Crippen molar-refractivity contribution in [1.82, 2.24) is 0 Å². The minimum atomic E-state index is -0.626. The van der Waals surface area contributed by atoms with Crippen LogP contribution < -0.4 is 0 Å². The summed E-state index contributed by atoms with van der Waals surface area (Å²) in [5.41, 5.74) is 0. The first-order valence-electron chi connectivity index (χ1n) is 12.9. The number of hydrogen-bond donors (Lipinski definition) is 1. The molecule has 178 valence electrons. The van der Waals surface area contributed by atoms with Crippen molar-refractivity contribution in [3.8, 4) is 0 Å². The molecule has 1 N–H and O–H groups in total. The number of carboxylic acids is 1. The fraction of sp³-hybridized carbons (Fsp3) is 0.923. The first-order chi connectivity index (χ1) is 14.5. The highest BCUT2D eigenvalue weighted by Crippen LogP contribution is 2.20. The molecule has 0 aliphatic carbocycles. The lowest BCUT2D eigenvalue weighted by molar-refractivity contribution is -0.148. The van der Waals surface area contributed by atoms with E-state index in [1.807, 2.05) is 6.92 Å². The molecule has 0 aliphatic rings. The van der Waals surface area contributed by atoms with Crippen molar-refractivity contribution in [2.45, 2.75) is 149 Å². The highest BCUT2D eigenvalue weighted by Gasteiger charge is 2.16. The molecular formula is C26H50O4. The average Bonchev–Trinajstić information content (AvgIpc) is 2.71. The third-order valence-electron chi connectivity index (χ3n) is 5.99. The SMILES string of the molecule is CCCCCCCCC(CCCCCCC(C)OC(=O)CCCCCCC)C(=O)O.